The van der Waals surface area contributed by atoms with Crippen molar-refractivity contribution in [3.63, 3.8) is 0 Å². The van der Waals surface area contributed by atoms with Gasteiger partial charge in [-0.3, -0.25) is 9.79 Å². The molecule has 338 valence electrons. The van der Waals surface area contributed by atoms with Gasteiger partial charge in [0, 0.05) is 113 Å². The molecule has 5 aromatic rings. The number of ether oxygens (including phenoxy) is 3. The molecule has 0 saturated carbocycles. The summed E-state index contributed by atoms with van der Waals surface area (Å²) in [5.41, 5.74) is 8.38. The van der Waals surface area contributed by atoms with Crippen molar-refractivity contribution in [1.82, 2.24) is 19.8 Å². The summed E-state index contributed by atoms with van der Waals surface area (Å²) in [6.45, 7) is 19.3. The van der Waals surface area contributed by atoms with Gasteiger partial charge in [-0.05, 0) is 37.0 Å². The van der Waals surface area contributed by atoms with Gasteiger partial charge in [0.2, 0.25) is 11.3 Å². The van der Waals surface area contributed by atoms with E-state index in [9.17, 15) is 4.79 Å². The summed E-state index contributed by atoms with van der Waals surface area (Å²) in [5.74, 6) is 4.15. The van der Waals surface area contributed by atoms with Crippen molar-refractivity contribution >= 4 is 34.5 Å². The summed E-state index contributed by atoms with van der Waals surface area (Å²) in [5, 5.41) is 4.88. The van der Waals surface area contributed by atoms with Crippen molar-refractivity contribution in [2.45, 2.75) is 59.4 Å². The van der Waals surface area contributed by atoms with E-state index in [1.54, 1.807) is 0 Å². The number of hydrogen-bond donors (Lipinski definition) is 1. The Balaban J connectivity index is 0.00000284. The number of fused-ring (bicyclic) bond motifs is 4. The molecular weight excluding hydrogens is 813 g/mol. The van der Waals surface area contributed by atoms with Crippen LogP contribution in [0.25, 0.3) is 5.70 Å². The molecule has 0 aliphatic carbocycles. The maximum Gasteiger partial charge on any atom is 0.246 e. The highest BCUT2D eigenvalue weighted by atomic mass is 16.5. The van der Waals surface area contributed by atoms with E-state index in [1.165, 1.54) is 5.56 Å². The predicted molar refractivity (Wildman–Crippen MR) is 261 cm³/mol. The van der Waals surface area contributed by atoms with E-state index in [4.69, 9.17) is 29.2 Å². The number of benzene rings is 4. The van der Waals surface area contributed by atoms with Crippen LogP contribution in [0.4, 0.5) is 17.2 Å². The lowest BCUT2D eigenvalue weighted by atomic mass is 9.95. The van der Waals surface area contributed by atoms with Gasteiger partial charge in [-0.1, -0.05) is 81.1 Å². The molecule has 1 saturated heterocycles. The average Bonchev–Trinajstić information content (AvgIpc) is 3.36. The first-order valence-electron chi connectivity index (χ1n) is 23.4. The largest absolute Gasteiger partial charge is 0.489 e. The van der Waals surface area contributed by atoms with Crippen LogP contribution in [-0.4, -0.2) is 94.1 Å². The van der Waals surface area contributed by atoms with E-state index < -0.39 is 0 Å². The van der Waals surface area contributed by atoms with E-state index in [-0.39, 0.29) is 5.91 Å². The van der Waals surface area contributed by atoms with Crippen LogP contribution in [0.2, 0.25) is 0 Å². The van der Waals surface area contributed by atoms with Crippen molar-refractivity contribution in [3.05, 3.63) is 137 Å². The Morgan fingerprint density at radius 3 is 2.37 bits per heavy atom. The molecule has 9 rings (SSSR count). The van der Waals surface area contributed by atoms with Crippen LogP contribution in [0.15, 0.2) is 114 Å². The summed E-state index contributed by atoms with van der Waals surface area (Å²) >= 11 is 0. The minimum atomic E-state index is 0.0637. The number of nitrogens with one attached hydrogen (secondary N) is 1. The van der Waals surface area contributed by atoms with E-state index in [1.807, 2.05) is 51.4 Å². The van der Waals surface area contributed by atoms with E-state index >= 15 is 0 Å². The fourth-order valence-electron chi connectivity index (χ4n) is 8.93. The monoisotopic (exact) mass is 875 g/mol. The van der Waals surface area contributed by atoms with Gasteiger partial charge in [-0.15, -0.1) is 0 Å². The Morgan fingerprint density at radius 1 is 0.815 bits per heavy atom. The summed E-state index contributed by atoms with van der Waals surface area (Å²) in [6, 6.07) is 31.2. The number of rotatable bonds is 15. The molecule has 0 bridgehead atoms. The molecule has 0 unspecified atom stereocenters. The van der Waals surface area contributed by atoms with Crippen molar-refractivity contribution in [2.75, 3.05) is 82.4 Å². The standard InChI is InChI=1S/C51H56N8O4.C2H6/c1-4-56-25-27-61-48-30-42-46(32-44(48)56)63-47-33-45-49(31-43(47)55-42)62-28-26-58(45)20-12-6-9-17-51(60)54-35-38-18-19-50(53-34-38)59-23-21-57(22-24-59)36(2)39-15-10-11-16-40(39)41(52-3)29-37-13-7-5-8-14-37;1-2/h5,7-8,10-11,13-16,18-19,30-34H,2,4,6,9,12,17,20-29,35H2,1,3H3;1-2H3/p+1. The molecule has 4 aliphatic rings. The molecule has 1 amide bonds. The number of carbonyl (C=O) groups is 1. The molecule has 4 aromatic carbocycles. The molecule has 12 heteroatoms. The third kappa shape index (κ3) is 10.5. The number of amides is 1. The fraction of sp³-hybridized carbons (Fsp3) is 0.377. The van der Waals surface area contributed by atoms with Gasteiger partial charge in [0.25, 0.3) is 0 Å². The van der Waals surface area contributed by atoms with E-state index in [0.29, 0.717) is 26.2 Å². The lowest BCUT2D eigenvalue weighted by Gasteiger charge is -2.38. The Bertz CT molecular complexity index is 2620. The smallest absolute Gasteiger partial charge is 0.246 e. The van der Waals surface area contributed by atoms with Crippen LogP contribution in [-0.2, 0) is 17.8 Å². The fourth-order valence-corrected chi connectivity index (χ4v) is 8.93. The summed E-state index contributed by atoms with van der Waals surface area (Å²) in [4.78, 5) is 34.2. The number of unbranched alkanes of at least 4 members (excludes halogenated alkanes) is 2. The van der Waals surface area contributed by atoms with Crippen LogP contribution in [0, 0.1) is 0 Å². The van der Waals surface area contributed by atoms with Gasteiger partial charge in [0.1, 0.15) is 42.4 Å². The Labute approximate surface area is 383 Å². The van der Waals surface area contributed by atoms with E-state index in [0.717, 1.165) is 157 Å². The quantitative estimate of drug-likeness (QED) is 0.0640. The first kappa shape index (κ1) is 44.9. The molecule has 5 heterocycles. The molecule has 65 heavy (non-hydrogen) atoms. The first-order chi connectivity index (χ1) is 31.9. The van der Waals surface area contributed by atoms with Gasteiger partial charge in [-0.2, -0.15) is 0 Å². The summed E-state index contributed by atoms with van der Waals surface area (Å²) < 4.78 is 20.8. The topological polar surface area (TPSA) is 107 Å². The van der Waals surface area contributed by atoms with Gasteiger partial charge >= 0.3 is 0 Å². The first-order valence-corrected chi connectivity index (χ1v) is 23.4. The van der Waals surface area contributed by atoms with E-state index in [2.05, 4.69) is 105 Å². The zero-order valence-electron chi connectivity index (χ0n) is 38.5. The maximum absolute atomic E-state index is 12.8. The number of pyridine rings is 1. The zero-order valence-corrected chi connectivity index (χ0v) is 38.5. The SMILES string of the molecule is C=C(c1ccccc1C(Cc1ccccc1)=NC)N1CCN(c2ccc(CNC(=O)CCCCC[N+]3=c4cc5c(cc4OCC3)=Nc3cc4c(cc3O5)N(CC)CCO4)cn2)CC1.CC. The number of piperazine rings is 1. The molecule has 4 aliphatic heterocycles. The number of aliphatic imine (C=N–C) groups is 1. The molecule has 0 radical (unpaired) electrons. The number of carbonyl (C=O) groups excluding carboxylic acids is 1. The molecule has 0 atom stereocenters. The van der Waals surface area contributed by atoms with Gasteiger partial charge in [-0.25, -0.2) is 14.6 Å². The number of likely N-dealkylation sites (N-methyl/N-ethyl adjacent to an activating group) is 1. The van der Waals surface area contributed by atoms with Gasteiger partial charge in [0.05, 0.1) is 18.3 Å². The number of aromatic nitrogens is 1. The second-order valence-corrected chi connectivity index (χ2v) is 16.5. The molecule has 12 nitrogen and oxygen atoms in total. The Hall–Kier alpha value is -6.69. The third-order valence-corrected chi connectivity index (χ3v) is 12.5. The Kier molecular flexibility index (Phi) is 14.7. The highest BCUT2D eigenvalue weighted by Crippen LogP contribution is 2.44. The maximum atomic E-state index is 12.8. The molecule has 1 fully saturated rings. The second-order valence-electron chi connectivity index (χ2n) is 16.5. The minimum Gasteiger partial charge on any atom is -0.489 e. The lowest BCUT2D eigenvalue weighted by molar-refractivity contribution is -0.121. The highest BCUT2D eigenvalue weighted by Gasteiger charge is 2.26. The van der Waals surface area contributed by atoms with Gasteiger partial charge in [0.15, 0.2) is 23.8 Å². The third-order valence-electron chi connectivity index (χ3n) is 12.5. The van der Waals surface area contributed by atoms with Gasteiger partial charge < -0.3 is 34.2 Å². The van der Waals surface area contributed by atoms with Crippen molar-refractivity contribution in [1.29, 1.82) is 0 Å². The molecule has 1 N–H and O–H groups in total. The van der Waals surface area contributed by atoms with Crippen molar-refractivity contribution in [2.24, 2.45) is 9.98 Å². The molecule has 0 spiro atoms. The second kappa shape index (κ2) is 21.3. The number of hydrogen-bond acceptors (Lipinski definition) is 10. The average molecular weight is 876 g/mol. The van der Waals surface area contributed by atoms with Crippen molar-refractivity contribution < 1.29 is 19.0 Å². The summed E-state index contributed by atoms with van der Waals surface area (Å²) in [6.07, 6.45) is 5.91. The van der Waals surface area contributed by atoms with Crippen LogP contribution in [0.1, 0.15) is 68.7 Å². The number of nitrogens with zero attached hydrogens (tertiary/aromatic N) is 7. The van der Waals surface area contributed by atoms with Crippen LogP contribution in [0.3, 0.4) is 0 Å². The van der Waals surface area contributed by atoms with Crippen LogP contribution >= 0.6 is 0 Å². The van der Waals surface area contributed by atoms with Crippen molar-refractivity contribution in [3.8, 4) is 23.0 Å². The molecular formula is C53H63N8O4+. The minimum absolute atomic E-state index is 0.0637. The predicted octanol–water partition coefficient (Wildman–Crippen LogP) is 7.60. The normalized spacial score (nSPS) is 15.0. The lowest BCUT2D eigenvalue weighted by Crippen LogP contribution is -2.45. The molecule has 1 aromatic heterocycles. The number of anilines is 2. The van der Waals surface area contributed by atoms with Crippen LogP contribution in [0.5, 0.6) is 23.0 Å². The summed E-state index contributed by atoms with van der Waals surface area (Å²) in [7, 11) is 1.87. The highest BCUT2D eigenvalue weighted by molar-refractivity contribution is 6.05. The zero-order chi connectivity index (χ0) is 45.1. The van der Waals surface area contributed by atoms with Crippen LogP contribution < -0.4 is 44.6 Å². The Morgan fingerprint density at radius 2 is 1.60 bits per heavy atom.